The van der Waals surface area contributed by atoms with E-state index in [-0.39, 0.29) is 18.4 Å². The molecule has 8 nitrogen and oxygen atoms in total. The number of aryl methyl sites for hydroxylation is 2. The predicted octanol–water partition coefficient (Wildman–Crippen LogP) is 4.99. The van der Waals surface area contributed by atoms with Crippen LogP contribution in [0.5, 0.6) is 0 Å². The quantitative estimate of drug-likeness (QED) is 0.332. The Morgan fingerprint density at radius 1 is 1.11 bits per heavy atom. The van der Waals surface area contributed by atoms with E-state index >= 15 is 0 Å². The average Bonchev–Trinajstić information content (AvgIpc) is 3.65. The second kappa shape index (κ2) is 9.48. The van der Waals surface area contributed by atoms with E-state index in [4.69, 9.17) is 9.51 Å². The van der Waals surface area contributed by atoms with E-state index in [1.54, 1.807) is 6.26 Å². The van der Waals surface area contributed by atoms with Crippen molar-refractivity contribution in [3.63, 3.8) is 0 Å². The minimum absolute atomic E-state index is 0.00804. The van der Waals surface area contributed by atoms with E-state index in [0.717, 1.165) is 46.4 Å². The maximum absolute atomic E-state index is 14.2. The lowest BCUT2D eigenvalue weighted by molar-refractivity contribution is -0.117. The molecule has 2 fully saturated rings. The SMILES string of the molecule is Cc1noc(C)c1-c1ccc2c(c1)nc([C@@H]1CCC(=O)N1c1ccc(F)c(F)c1)n2C1CCN([S+](C)[O-])C1. The molecule has 3 atom stereocenters. The molecule has 0 N–H and O–H groups in total. The summed E-state index contributed by atoms with van der Waals surface area (Å²) in [5.41, 5.74) is 4.56. The van der Waals surface area contributed by atoms with E-state index in [1.807, 2.05) is 36.4 Å². The highest BCUT2D eigenvalue weighted by molar-refractivity contribution is 7.88. The first-order valence-electron chi connectivity index (χ1n) is 12.5. The largest absolute Gasteiger partial charge is 0.598 e. The van der Waals surface area contributed by atoms with Gasteiger partial charge >= 0.3 is 0 Å². The summed E-state index contributed by atoms with van der Waals surface area (Å²) < 4.78 is 49.5. The monoisotopic (exact) mass is 539 g/mol. The zero-order chi connectivity index (χ0) is 26.7. The maximum Gasteiger partial charge on any atom is 0.227 e. The first-order chi connectivity index (χ1) is 18.2. The number of anilines is 1. The van der Waals surface area contributed by atoms with Crippen LogP contribution in [-0.4, -0.2) is 48.8 Å². The molecule has 4 aromatic rings. The molecule has 2 aromatic carbocycles. The highest BCUT2D eigenvalue weighted by atomic mass is 32.2. The van der Waals surface area contributed by atoms with Gasteiger partial charge in [-0.25, -0.2) is 13.8 Å². The number of imidazole rings is 1. The van der Waals surface area contributed by atoms with Gasteiger partial charge in [0.2, 0.25) is 5.91 Å². The van der Waals surface area contributed by atoms with Crippen molar-refractivity contribution >= 4 is 34.0 Å². The van der Waals surface area contributed by atoms with Crippen LogP contribution >= 0.6 is 0 Å². The number of rotatable bonds is 5. The Hall–Kier alpha value is -3.28. The molecule has 6 rings (SSSR count). The minimum atomic E-state index is -1.10. The number of halogens is 2. The Bertz CT molecular complexity index is 1530. The molecule has 0 bridgehead atoms. The molecule has 2 aliphatic rings. The van der Waals surface area contributed by atoms with Crippen LogP contribution < -0.4 is 4.90 Å². The van der Waals surface area contributed by atoms with Crippen LogP contribution in [0.25, 0.3) is 22.2 Å². The van der Waals surface area contributed by atoms with Gasteiger partial charge in [0.25, 0.3) is 0 Å². The van der Waals surface area contributed by atoms with Crippen molar-refractivity contribution in [3.8, 4) is 11.1 Å². The van der Waals surface area contributed by atoms with Crippen LogP contribution in [0, 0.1) is 25.5 Å². The lowest BCUT2D eigenvalue weighted by atomic mass is 10.0. The number of carbonyl (C=O) groups excluding carboxylic acids is 1. The lowest BCUT2D eigenvalue weighted by Crippen LogP contribution is -2.31. The normalized spacial score (nSPS) is 21.2. The third kappa shape index (κ3) is 4.09. The van der Waals surface area contributed by atoms with Gasteiger partial charge in [-0.15, -0.1) is 4.31 Å². The number of hydrogen-bond acceptors (Lipinski definition) is 6. The van der Waals surface area contributed by atoms with Gasteiger partial charge < -0.3 is 18.5 Å². The van der Waals surface area contributed by atoms with Crippen molar-refractivity contribution in [2.24, 2.45) is 0 Å². The van der Waals surface area contributed by atoms with E-state index in [2.05, 4.69) is 9.72 Å². The molecule has 0 radical (unpaired) electrons. The molecule has 0 spiro atoms. The highest BCUT2D eigenvalue weighted by Gasteiger charge is 2.40. The van der Waals surface area contributed by atoms with Gasteiger partial charge in [0.15, 0.2) is 11.6 Å². The van der Waals surface area contributed by atoms with Crippen LogP contribution in [-0.2, 0) is 16.2 Å². The minimum Gasteiger partial charge on any atom is -0.598 e. The summed E-state index contributed by atoms with van der Waals surface area (Å²) in [7, 11) is 0. The van der Waals surface area contributed by atoms with Crippen molar-refractivity contribution in [1.82, 2.24) is 19.0 Å². The molecular weight excluding hydrogens is 512 g/mol. The van der Waals surface area contributed by atoms with Crippen LogP contribution in [0.3, 0.4) is 0 Å². The fourth-order valence-corrected chi connectivity index (χ4v) is 6.57. The lowest BCUT2D eigenvalue weighted by Gasteiger charge is -2.27. The second-order valence-electron chi connectivity index (χ2n) is 9.91. The fourth-order valence-electron chi connectivity index (χ4n) is 5.83. The summed E-state index contributed by atoms with van der Waals surface area (Å²) >= 11 is -1.10. The topological polar surface area (TPSA) is 90.5 Å². The summed E-state index contributed by atoms with van der Waals surface area (Å²) in [5, 5.41) is 4.07. The number of nitrogens with zero attached hydrogens (tertiary/aromatic N) is 5. The molecule has 1 amide bonds. The van der Waals surface area contributed by atoms with Gasteiger partial charge in [-0.2, -0.15) is 0 Å². The van der Waals surface area contributed by atoms with Crippen molar-refractivity contribution in [3.05, 3.63) is 65.3 Å². The van der Waals surface area contributed by atoms with Crippen molar-refractivity contribution < 1.29 is 22.7 Å². The summed E-state index contributed by atoms with van der Waals surface area (Å²) in [6.45, 7) is 5.02. The average molecular weight is 540 g/mol. The van der Waals surface area contributed by atoms with Crippen molar-refractivity contribution in [1.29, 1.82) is 0 Å². The first kappa shape index (κ1) is 25.0. The molecule has 2 aromatic heterocycles. The summed E-state index contributed by atoms with van der Waals surface area (Å²) in [6, 6.07) is 9.07. The number of carbonyl (C=O) groups is 1. The maximum atomic E-state index is 14.2. The number of amides is 1. The number of benzene rings is 2. The van der Waals surface area contributed by atoms with E-state index in [1.165, 1.54) is 11.0 Å². The zero-order valence-electron chi connectivity index (χ0n) is 21.3. The van der Waals surface area contributed by atoms with Gasteiger partial charge in [-0.05, 0) is 56.5 Å². The highest BCUT2D eigenvalue weighted by Crippen LogP contribution is 2.41. The molecule has 2 saturated heterocycles. The van der Waals surface area contributed by atoms with Crippen molar-refractivity contribution in [2.45, 2.75) is 45.2 Å². The van der Waals surface area contributed by atoms with Gasteiger partial charge in [0.1, 0.15) is 17.8 Å². The molecule has 2 aliphatic heterocycles. The predicted molar refractivity (Wildman–Crippen MR) is 140 cm³/mol. The summed E-state index contributed by atoms with van der Waals surface area (Å²) in [5.74, 6) is -0.742. The Kier molecular flexibility index (Phi) is 6.24. The number of aromatic nitrogens is 3. The summed E-state index contributed by atoms with van der Waals surface area (Å²) in [6.07, 6.45) is 3.21. The fraction of sp³-hybridized carbons (Fsp3) is 0.370. The zero-order valence-corrected chi connectivity index (χ0v) is 22.1. The van der Waals surface area contributed by atoms with Gasteiger partial charge in [0.05, 0.1) is 35.4 Å². The van der Waals surface area contributed by atoms with Crippen LogP contribution in [0.2, 0.25) is 0 Å². The molecule has 2 unspecified atom stereocenters. The molecule has 0 aliphatic carbocycles. The Labute approximate surface area is 221 Å². The molecular formula is C27H27F2N5O3S. The second-order valence-corrected chi connectivity index (χ2v) is 11.3. The van der Waals surface area contributed by atoms with Crippen molar-refractivity contribution in [2.75, 3.05) is 24.2 Å². The molecule has 11 heteroatoms. The van der Waals surface area contributed by atoms with Gasteiger partial charge in [-0.3, -0.25) is 4.79 Å². The molecule has 4 heterocycles. The molecule has 38 heavy (non-hydrogen) atoms. The third-order valence-electron chi connectivity index (χ3n) is 7.59. The van der Waals surface area contributed by atoms with E-state index in [0.29, 0.717) is 36.8 Å². The summed E-state index contributed by atoms with van der Waals surface area (Å²) in [4.78, 5) is 19.6. The van der Waals surface area contributed by atoms with Crippen LogP contribution in [0.4, 0.5) is 14.5 Å². The number of fused-ring (bicyclic) bond motifs is 1. The standard InChI is InChI=1S/C27H27F2N5O3S/c1-15-26(16(2)37-31-15)17-4-7-23-22(12-17)30-27(34(23)19-10-11-32(14-19)38(3)36)24-8-9-25(35)33(24)18-5-6-20(28)21(29)13-18/h4-7,12-13,19,24H,8-11,14H2,1-3H3/t19?,24-,38?/m0/s1. The molecule has 198 valence electrons. The van der Waals surface area contributed by atoms with E-state index in [9.17, 15) is 18.1 Å². The Morgan fingerprint density at radius 3 is 2.61 bits per heavy atom. The van der Waals surface area contributed by atoms with Crippen LogP contribution in [0.15, 0.2) is 40.9 Å². The van der Waals surface area contributed by atoms with Gasteiger partial charge in [0, 0.05) is 41.6 Å². The number of hydrogen-bond donors (Lipinski definition) is 0. The Morgan fingerprint density at radius 2 is 1.92 bits per heavy atom. The van der Waals surface area contributed by atoms with Gasteiger partial charge in [-0.1, -0.05) is 11.2 Å². The third-order valence-corrected chi connectivity index (χ3v) is 8.64. The smallest absolute Gasteiger partial charge is 0.227 e. The first-order valence-corrected chi connectivity index (χ1v) is 14.0. The molecule has 0 saturated carbocycles. The van der Waals surface area contributed by atoms with E-state index < -0.39 is 29.0 Å². The van der Waals surface area contributed by atoms with Crippen LogP contribution in [0.1, 0.15) is 48.6 Å². The Balaban J connectivity index is 1.50.